The van der Waals surface area contributed by atoms with E-state index in [2.05, 4.69) is 13.8 Å². The van der Waals surface area contributed by atoms with Gasteiger partial charge in [0.15, 0.2) is 0 Å². The lowest BCUT2D eigenvalue weighted by molar-refractivity contribution is -0.153. The van der Waals surface area contributed by atoms with Gasteiger partial charge >= 0.3 is 11.9 Å². The molecule has 0 aromatic carbocycles. The summed E-state index contributed by atoms with van der Waals surface area (Å²) in [7, 11) is 0. The van der Waals surface area contributed by atoms with Gasteiger partial charge in [0.1, 0.15) is 6.10 Å². The van der Waals surface area contributed by atoms with E-state index >= 15 is 0 Å². The lowest BCUT2D eigenvalue weighted by Crippen LogP contribution is -2.21. The summed E-state index contributed by atoms with van der Waals surface area (Å²) in [6, 6.07) is 0. The van der Waals surface area contributed by atoms with Gasteiger partial charge in [-0.15, -0.1) is 0 Å². The van der Waals surface area contributed by atoms with Gasteiger partial charge < -0.3 is 9.84 Å². The lowest BCUT2D eigenvalue weighted by atomic mass is 10.0. The van der Waals surface area contributed by atoms with E-state index in [1.165, 1.54) is 70.6 Å². The van der Waals surface area contributed by atoms with Gasteiger partial charge in [-0.25, -0.2) is 0 Å². The zero-order valence-corrected chi connectivity index (χ0v) is 19.4. The first-order valence-electron chi connectivity index (χ1n) is 12.5. The van der Waals surface area contributed by atoms with Crippen molar-refractivity contribution in [2.75, 3.05) is 0 Å². The molecule has 4 heteroatoms. The van der Waals surface area contributed by atoms with Gasteiger partial charge in [0, 0.05) is 6.42 Å². The number of carbonyl (C=O) groups excluding carboxylic acids is 1. The van der Waals surface area contributed by atoms with Crippen LogP contribution in [-0.2, 0) is 14.3 Å². The summed E-state index contributed by atoms with van der Waals surface area (Å²) >= 11 is 0. The lowest BCUT2D eigenvalue weighted by Gasteiger charge is -2.16. The normalized spacial score (nSPS) is 12.1. The van der Waals surface area contributed by atoms with Crippen molar-refractivity contribution in [1.29, 1.82) is 0 Å². The molecule has 1 atom stereocenters. The van der Waals surface area contributed by atoms with Crippen molar-refractivity contribution < 1.29 is 19.4 Å². The number of carbonyl (C=O) groups is 2. The van der Waals surface area contributed by atoms with Gasteiger partial charge in [-0.05, 0) is 19.3 Å². The molecular formula is C25H48O4. The van der Waals surface area contributed by atoms with Crippen LogP contribution in [0, 0.1) is 0 Å². The summed E-state index contributed by atoms with van der Waals surface area (Å²) in [4.78, 5) is 23.0. The number of unbranched alkanes of at least 4 members (excludes halogenated alkanes) is 15. The molecule has 0 aliphatic carbocycles. The van der Waals surface area contributed by atoms with Crippen molar-refractivity contribution in [3.8, 4) is 0 Å². The molecule has 1 N–H and O–H groups in total. The van der Waals surface area contributed by atoms with Crippen LogP contribution in [0.25, 0.3) is 0 Å². The minimum Gasteiger partial charge on any atom is -0.481 e. The van der Waals surface area contributed by atoms with Crippen molar-refractivity contribution in [3.05, 3.63) is 0 Å². The van der Waals surface area contributed by atoms with E-state index in [9.17, 15) is 9.59 Å². The maximum Gasteiger partial charge on any atom is 0.307 e. The SMILES string of the molecule is CCCCCCCCCCCCCCCC(=O)OC(CCCCCC)CC(=O)O. The van der Waals surface area contributed by atoms with Crippen LogP contribution < -0.4 is 0 Å². The quantitative estimate of drug-likeness (QED) is 0.145. The van der Waals surface area contributed by atoms with Crippen LogP contribution >= 0.6 is 0 Å². The molecule has 29 heavy (non-hydrogen) atoms. The van der Waals surface area contributed by atoms with E-state index in [4.69, 9.17) is 9.84 Å². The summed E-state index contributed by atoms with van der Waals surface area (Å²) < 4.78 is 5.43. The second-order valence-corrected chi connectivity index (χ2v) is 8.55. The Morgan fingerprint density at radius 2 is 1.07 bits per heavy atom. The van der Waals surface area contributed by atoms with Crippen LogP contribution in [0.2, 0.25) is 0 Å². The van der Waals surface area contributed by atoms with E-state index in [0.29, 0.717) is 12.8 Å². The molecule has 0 heterocycles. The third-order valence-electron chi connectivity index (χ3n) is 5.56. The fraction of sp³-hybridized carbons (Fsp3) is 0.920. The number of hydrogen-bond donors (Lipinski definition) is 1. The Bertz CT molecular complexity index is 381. The highest BCUT2D eigenvalue weighted by molar-refractivity contribution is 5.71. The molecule has 0 aliphatic rings. The zero-order valence-electron chi connectivity index (χ0n) is 19.4. The third-order valence-corrected chi connectivity index (χ3v) is 5.56. The molecule has 0 aliphatic heterocycles. The monoisotopic (exact) mass is 412 g/mol. The molecule has 0 spiro atoms. The zero-order chi connectivity index (χ0) is 21.6. The van der Waals surface area contributed by atoms with Crippen LogP contribution in [0.3, 0.4) is 0 Å². The van der Waals surface area contributed by atoms with Gasteiger partial charge in [-0.2, -0.15) is 0 Å². The fourth-order valence-electron chi connectivity index (χ4n) is 3.73. The molecule has 1 unspecified atom stereocenters. The third kappa shape index (κ3) is 21.5. The average molecular weight is 413 g/mol. The van der Waals surface area contributed by atoms with Gasteiger partial charge in [-0.3, -0.25) is 9.59 Å². The number of rotatable bonds is 22. The van der Waals surface area contributed by atoms with Gasteiger partial charge in [0.2, 0.25) is 0 Å². The number of carboxylic acids is 1. The highest BCUT2D eigenvalue weighted by atomic mass is 16.5. The van der Waals surface area contributed by atoms with Crippen LogP contribution in [0.4, 0.5) is 0 Å². The Kier molecular flexibility index (Phi) is 20.9. The summed E-state index contributed by atoms with van der Waals surface area (Å²) in [6.07, 6.45) is 21.5. The van der Waals surface area contributed by atoms with Crippen molar-refractivity contribution in [2.24, 2.45) is 0 Å². The molecule has 0 aromatic rings. The Balaban J connectivity index is 3.59. The Morgan fingerprint density at radius 1 is 0.655 bits per heavy atom. The van der Waals surface area contributed by atoms with E-state index in [0.717, 1.165) is 38.5 Å². The number of ether oxygens (including phenoxy) is 1. The highest BCUT2D eigenvalue weighted by Crippen LogP contribution is 2.15. The molecule has 0 fully saturated rings. The van der Waals surface area contributed by atoms with E-state index in [1.54, 1.807) is 0 Å². The standard InChI is InChI=1S/C25H48O4/c1-3-5-7-9-10-11-12-13-14-15-16-17-19-21-25(28)29-23(22-24(26)27)20-18-8-6-4-2/h23H,3-22H2,1-2H3,(H,26,27). The van der Waals surface area contributed by atoms with Gasteiger partial charge in [-0.1, -0.05) is 110 Å². The van der Waals surface area contributed by atoms with Crippen LogP contribution in [-0.4, -0.2) is 23.1 Å². The van der Waals surface area contributed by atoms with Crippen molar-refractivity contribution in [3.63, 3.8) is 0 Å². The Labute approximate surface area is 180 Å². The second kappa shape index (κ2) is 21.6. The van der Waals surface area contributed by atoms with Crippen molar-refractivity contribution in [1.82, 2.24) is 0 Å². The summed E-state index contributed by atoms with van der Waals surface area (Å²) in [6.45, 7) is 4.40. The summed E-state index contributed by atoms with van der Waals surface area (Å²) in [5, 5.41) is 9.01. The Hall–Kier alpha value is -1.06. The maximum atomic E-state index is 12.0. The molecule has 172 valence electrons. The highest BCUT2D eigenvalue weighted by Gasteiger charge is 2.17. The molecule has 0 bridgehead atoms. The topological polar surface area (TPSA) is 63.6 Å². The molecular weight excluding hydrogens is 364 g/mol. The van der Waals surface area contributed by atoms with Crippen LogP contribution in [0.5, 0.6) is 0 Å². The van der Waals surface area contributed by atoms with Gasteiger partial charge in [0.25, 0.3) is 0 Å². The maximum absolute atomic E-state index is 12.0. The molecule has 0 rings (SSSR count). The predicted molar refractivity (Wildman–Crippen MR) is 121 cm³/mol. The molecule has 0 saturated heterocycles. The van der Waals surface area contributed by atoms with E-state index in [-0.39, 0.29) is 12.4 Å². The largest absolute Gasteiger partial charge is 0.481 e. The summed E-state index contributed by atoms with van der Waals surface area (Å²) in [5.41, 5.74) is 0. The first kappa shape index (κ1) is 27.9. The molecule has 4 nitrogen and oxygen atoms in total. The van der Waals surface area contributed by atoms with Crippen LogP contribution in [0.1, 0.15) is 142 Å². The number of aliphatic carboxylic acids is 1. The van der Waals surface area contributed by atoms with E-state index < -0.39 is 12.1 Å². The number of hydrogen-bond acceptors (Lipinski definition) is 3. The van der Waals surface area contributed by atoms with E-state index in [1.807, 2.05) is 0 Å². The number of carboxylic acid groups (broad SMARTS) is 1. The molecule has 0 aromatic heterocycles. The molecule has 0 amide bonds. The smallest absolute Gasteiger partial charge is 0.307 e. The van der Waals surface area contributed by atoms with Crippen molar-refractivity contribution in [2.45, 2.75) is 148 Å². The van der Waals surface area contributed by atoms with Crippen LogP contribution in [0.15, 0.2) is 0 Å². The van der Waals surface area contributed by atoms with Crippen molar-refractivity contribution >= 4 is 11.9 Å². The first-order chi connectivity index (χ1) is 14.1. The number of esters is 1. The minimum absolute atomic E-state index is 0.0729. The fourth-order valence-corrected chi connectivity index (χ4v) is 3.73. The first-order valence-corrected chi connectivity index (χ1v) is 12.5. The van der Waals surface area contributed by atoms with Gasteiger partial charge in [0.05, 0.1) is 6.42 Å². The average Bonchev–Trinajstić information content (AvgIpc) is 2.68. The molecule has 0 saturated carbocycles. The second-order valence-electron chi connectivity index (χ2n) is 8.55. The molecule has 0 radical (unpaired) electrons. The minimum atomic E-state index is -0.890. The predicted octanol–water partition coefficient (Wildman–Crippen LogP) is 7.82. The summed E-state index contributed by atoms with van der Waals surface area (Å²) in [5.74, 6) is -1.12. The Morgan fingerprint density at radius 3 is 1.52 bits per heavy atom.